The second kappa shape index (κ2) is 8.09. The van der Waals surface area contributed by atoms with Crippen LogP contribution < -0.4 is 9.64 Å². The maximum atomic E-state index is 13.1. The molecule has 0 aromatic heterocycles. The lowest BCUT2D eigenvalue weighted by Crippen LogP contribution is -2.48. The predicted molar refractivity (Wildman–Crippen MR) is 110 cm³/mol. The topological polar surface area (TPSA) is 49.9 Å². The highest BCUT2D eigenvalue weighted by Gasteiger charge is 2.30. The summed E-state index contributed by atoms with van der Waals surface area (Å²) in [5.74, 6) is 0.844. The van der Waals surface area contributed by atoms with Crippen molar-refractivity contribution < 1.29 is 13.2 Å². The van der Waals surface area contributed by atoms with Crippen molar-refractivity contribution >= 4 is 27.3 Å². The molecule has 0 aliphatic carbocycles. The van der Waals surface area contributed by atoms with Crippen LogP contribution in [-0.2, 0) is 10.0 Å². The van der Waals surface area contributed by atoms with Crippen LogP contribution in [0, 0.1) is 13.8 Å². The molecule has 1 saturated heterocycles. The highest BCUT2D eigenvalue weighted by molar-refractivity contribution is 7.89. The highest BCUT2D eigenvalue weighted by Crippen LogP contribution is 2.28. The van der Waals surface area contributed by atoms with Crippen molar-refractivity contribution in [2.75, 3.05) is 37.7 Å². The third-order valence-corrected chi connectivity index (χ3v) is 7.27. The Balaban J connectivity index is 1.72. The summed E-state index contributed by atoms with van der Waals surface area (Å²) in [5, 5.41) is 0.590. The zero-order valence-corrected chi connectivity index (χ0v) is 17.5. The number of piperazine rings is 1. The molecule has 0 radical (unpaired) electrons. The number of hydrogen-bond donors (Lipinski definition) is 0. The summed E-state index contributed by atoms with van der Waals surface area (Å²) in [5.41, 5.74) is 2.53. The summed E-state index contributed by atoms with van der Waals surface area (Å²) in [6.07, 6.45) is 0. The summed E-state index contributed by atoms with van der Waals surface area (Å²) >= 11 is 6.12. The van der Waals surface area contributed by atoms with E-state index < -0.39 is 10.0 Å². The quantitative estimate of drug-likeness (QED) is 0.753. The lowest BCUT2D eigenvalue weighted by Gasteiger charge is -2.35. The monoisotopic (exact) mass is 408 g/mol. The predicted octanol–water partition coefficient (Wildman–Crippen LogP) is 3.87. The van der Waals surface area contributed by atoms with Gasteiger partial charge in [-0.05, 0) is 68.3 Å². The normalized spacial score (nSPS) is 15.8. The Morgan fingerprint density at radius 1 is 1.00 bits per heavy atom. The average Bonchev–Trinajstić information content (AvgIpc) is 2.65. The molecule has 146 valence electrons. The van der Waals surface area contributed by atoms with Crippen LogP contribution in [0.5, 0.6) is 5.75 Å². The van der Waals surface area contributed by atoms with Gasteiger partial charge in [0.05, 0.1) is 11.5 Å². The molecule has 1 fully saturated rings. The molecule has 27 heavy (non-hydrogen) atoms. The van der Waals surface area contributed by atoms with E-state index in [1.54, 1.807) is 23.4 Å². The van der Waals surface area contributed by atoms with Gasteiger partial charge in [-0.15, -0.1) is 0 Å². The third kappa shape index (κ3) is 4.23. The van der Waals surface area contributed by atoms with Gasteiger partial charge >= 0.3 is 0 Å². The second-order valence-corrected chi connectivity index (χ2v) is 9.00. The van der Waals surface area contributed by atoms with Crippen LogP contribution in [0.1, 0.15) is 18.1 Å². The van der Waals surface area contributed by atoms with Gasteiger partial charge in [0, 0.05) is 36.9 Å². The van der Waals surface area contributed by atoms with E-state index in [1.165, 1.54) is 0 Å². The van der Waals surface area contributed by atoms with Gasteiger partial charge in [-0.3, -0.25) is 0 Å². The van der Waals surface area contributed by atoms with E-state index in [-0.39, 0.29) is 0 Å². The number of hydrogen-bond acceptors (Lipinski definition) is 4. The Labute approximate surface area is 166 Å². The largest absolute Gasteiger partial charge is 0.494 e. The molecule has 0 spiro atoms. The Morgan fingerprint density at radius 3 is 2.22 bits per heavy atom. The molecule has 0 N–H and O–H groups in total. The van der Waals surface area contributed by atoms with E-state index in [4.69, 9.17) is 16.3 Å². The lowest BCUT2D eigenvalue weighted by atomic mass is 10.2. The maximum absolute atomic E-state index is 13.1. The van der Waals surface area contributed by atoms with Crippen LogP contribution in [0.15, 0.2) is 41.3 Å². The van der Waals surface area contributed by atoms with Crippen LogP contribution >= 0.6 is 11.6 Å². The number of halogens is 1. The molecule has 1 aliphatic heterocycles. The number of nitrogens with zero attached hydrogens (tertiary/aromatic N) is 2. The van der Waals surface area contributed by atoms with Crippen molar-refractivity contribution in [3.05, 3.63) is 52.5 Å². The Morgan fingerprint density at radius 2 is 1.63 bits per heavy atom. The summed E-state index contributed by atoms with van der Waals surface area (Å²) < 4.78 is 33.2. The summed E-state index contributed by atoms with van der Waals surface area (Å²) in [4.78, 5) is 2.54. The van der Waals surface area contributed by atoms with Gasteiger partial charge in [0.25, 0.3) is 0 Å². The van der Waals surface area contributed by atoms with Crippen molar-refractivity contribution in [1.29, 1.82) is 0 Å². The summed E-state index contributed by atoms with van der Waals surface area (Å²) in [6, 6.07) is 11.3. The Hall–Kier alpha value is -1.76. The first-order valence-electron chi connectivity index (χ1n) is 9.07. The fourth-order valence-electron chi connectivity index (χ4n) is 3.28. The third-order valence-electron chi connectivity index (χ3n) is 4.83. The second-order valence-electron chi connectivity index (χ2n) is 6.68. The van der Waals surface area contributed by atoms with Gasteiger partial charge in [-0.1, -0.05) is 11.6 Å². The van der Waals surface area contributed by atoms with E-state index >= 15 is 0 Å². The van der Waals surface area contributed by atoms with E-state index in [1.807, 2.05) is 38.1 Å². The van der Waals surface area contributed by atoms with Crippen molar-refractivity contribution in [2.45, 2.75) is 25.7 Å². The number of aryl methyl sites for hydroxylation is 2. The van der Waals surface area contributed by atoms with Crippen molar-refractivity contribution in [3.63, 3.8) is 0 Å². The van der Waals surface area contributed by atoms with Crippen LogP contribution in [-0.4, -0.2) is 45.5 Å². The SMILES string of the molecule is CCOc1ccc(N2CCN(S(=O)(=O)c3cc(C)c(Cl)cc3C)CC2)cc1. The van der Waals surface area contributed by atoms with Gasteiger partial charge in [0.1, 0.15) is 5.75 Å². The number of anilines is 1. The van der Waals surface area contributed by atoms with Crippen LogP contribution in [0.4, 0.5) is 5.69 Å². The van der Waals surface area contributed by atoms with E-state index in [2.05, 4.69) is 4.90 Å². The molecule has 1 heterocycles. The summed E-state index contributed by atoms with van der Waals surface area (Å²) in [7, 11) is -3.52. The van der Waals surface area contributed by atoms with Gasteiger partial charge in [-0.25, -0.2) is 8.42 Å². The molecule has 5 nitrogen and oxygen atoms in total. The number of benzene rings is 2. The smallest absolute Gasteiger partial charge is 0.243 e. The molecule has 0 saturated carbocycles. The number of ether oxygens (including phenoxy) is 1. The molecule has 0 amide bonds. The number of rotatable bonds is 5. The molecular weight excluding hydrogens is 384 g/mol. The van der Waals surface area contributed by atoms with Gasteiger partial charge in [0.15, 0.2) is 0 Å². The fourth-order valence-corrected chi connectivity index (χ4v) is 5.21. The van der Waals surface area contributed by atoms with Crippen molar-refractivity contribution in [1.82, 2.24) is 4.31 Å². The van der Waals surface area contributed by atoms with Crippen molar-refractivity contribution in [3.8, 4) is 5.75 Å². The summed E-state index contributed by atoms with van der Waals surface area (Å²) in [6.45, 7) is 8.42. The molecule has 2 aromatic carbocycles. The van der Waals surface area contributed by atoms with E-state index in [0.717, 1.165) is 17.0 Å². The molecule has 0 unspecified atom stereocenters. The average molecular weight is 409 g/mol. The van der Waals surface area contributed by atoms with E-state index in [0.29, 0.717) is 48.3 Å². The Kier molecular flexibility index (Phi) is 5.99. The first-order valence-corrected chi connectivity index (χ1v) is 10.9. The van der Waals surface area contributed by atoms with Crippen molar-refractivity contribution in [2.24, 2.45) is 0 Å². The van der Waals surface area contributed by atoms with Crippen LogP contribution in [0.25, 0.3) is 0 Å². The van der Waals surface area contributed by atoms with E-state index in [9.17, 15) is 8.42 Å². The van der Waals surface area contributed by atoms with Gasteiger partial charge in [0.2, 0.25) is 10.0 Å². The van der Waals surface area contributed by atoms with Crippen LogP contribution in [0.2, 0.25) is 5.02 Å². The zero-order chi connectivity index (χ0) is 19.6. The molecule has 3 rings (SSSR count). The fraction of sp³-hybridized carbons (Fsp3) is 0.400. The minimum Gasteiger partial charge on any atom is -0.494 e. The molecule has 1 aliphatic rings. The standard InChI is InChI=1S/C20H25ClN2O3S/c1-4-26-18-7-5-17(6-8-18)22-9-11-23(12-10-22)27(24,25)20-14-15(2)19(21)13-16(20)3/h5-8,13-14H,4,9-12H2,1-3H3. The minimum absolute atomic E-state index is 0.346. The molecular formula is C20H25ClN2O3S. The Bertz CT molecular complexity index is 906. The molecule has 0 atom stereocenters. The minimum atomic E-state index is -3.52. The highest BCUT2D eigenvalue weighted by atomic mass is 35.5. The first-order chi connectivity index (χ1) is 12.8. The molecule has 2 aromatic rings. The zero-order valence-electron chi connectivity index (χ0n) is 15.9. The van der Waals surface area contributed by atoms with Gasteiger partial charge < -0.3 is 9.64 Å². The van der Waals surface area contributed by atoms with Crippen LogP contribution in [0.3, 0.4) is 0 Å². The first kappa shape index (κ1) is 20.0. The maximum Gasteiger partial charge on any atom is 0.243 e. The number of sulfonamides is 1. The van der Waals surface area contributed by atoms with Gasteiger partial charge in [-0.2, -0.15) is 4.31 Å². The molecule has 7 heteroatoms. The molecule has 0 bridgehead atoms. The lowest BCUT2D eigenvalue weighted by molar-refractivity contribution is 0.340.